The van der Waals surface area contributed by atoms with E-state index >= 15 is 0 Å². The van der Waals surface area contributed by atoms with E-state index in [9.17, 15) is 0 Å². The summed E-state index contributed by atoms with van der Waals surface area (Å²) in [6.07, 6.45) is 2.45. The summed E-state index contributed by atoms with van der Waals surface area (Å²) in [6.45, 7) is 2.01. The Morgan fingerprint density at radius 2 is 1.87 bits per heavy atom. The molecular weight excluding hydrogens is 254 g/mol. The first-order chi connectivity index (χ1) is 7.10. The number of rotatable bonds is 3. The van der Waals surface area contributed by atoms with Gasteiger partial charge in [0.15, 0.2) is 0 Å². The molecule has 0 aliphatic carbocycles. The summed E-state index contributed by atoms with van der Waals surface area (Å²) in [5.74, 6) is 5.15. The fourth-order valence-electron chi connectivity index (χ4n) is 1.40. The van der Waals surface area contributed by atoms with Crippen molar-refractivity contribution >= 4 is 41.0 Å². The number of halogens is 3. The summed E-state index contributed by atoms with van der Waals surface area (Å²) in [6, 6.07) is 3.33. The molecular formula is C10H11Cl3N2. The van der Waals surface area contributed by atoms with Gasteiger partial charge in [-0.2, -0.15) is 5.10 Å². The van der Waals surface area contributed by atoms with Gasteiger partial charge in [0.05, 0.1) is 0 Å². The predicted octanol–water partition coefficient (Wildman–Crippen LogP) is 4.08. The number of hydrazone groups is 1. The number of benzene rings is 1. The predicted molar refractivity (Wildman–Crippen MR) is 67.2 cm³/mol. The maximum absolute atomic E-state index is 6.07. The molecule has 0 saturated heterocycles. The molecule has 0 amide bonds. The normalized spacial score (nSPS) is 13.3. The third-order valence-corrected chi connectivity index (χ3v) is 2.96. The Morgan fingerprint density at radius 1 is 1.33 bits per heavy atom. The molecule has 1 atom stereocenters. The fourth-order valence-corrected chi connectivity index (χ4v) is 2.49. The Bertz CT molecular complexity index is 354. The maximum Gasteiger partial charge on any atom is 0.0474 e. The van der Waals surface area contributed by atoms with Crippen molar-refractivity contribution in [3.05, 3.63) is 32.8 Å². The van der Waals surface area contributed by atoms with Crippen molar-refractivity contribution in [1.82, 2.24) is 0 Å². The van der Waals surface area contributed by atoms with Crippen molar-refractivity contribution in [1.29, 1.82) is 0 Å². The van der Waals surface area contributed by atoms with Gasteiger partial charge in [-0.3, -0.25) is 0 Å². The van der Waals surface area contributed by atoms with E-state index in [0.29, 0.717) is 15.1 Å². The number of nitrogens with two attached hydrogens (primary N) is 1. The van der Waals surface area contributed by atoms with Gasteiger partial charge in [0.2, 0.25) is 0 Å². The highest BCUT2D eigenvalue weighted by Gasteiger charge is 2.15. The monoisotopic (exact) mass is 264 g/mol. The Morgan fingerprint density at radius 3 is 2.27 bits per heavy atom. The molecule has 1 aromatic carbocycles. The van der Waals surface area contributed by atoms with Crippen LogP contribution in [0.5, 0.6) is 0 Å². The molecule has 0 fully saturated rings. The van der Waals surface area contributed by atoms with Crippen LogP contribution >= 0.6 is 34.8 Å². The minimum atomic E-state index is 0.0206. The highest BCUT2D eigenvalue weighted by atomic mass is 35.5. The number of nitrogens with zero attached hydrogens (tertiary/aromatic N) is 1. The molecule has 2 nitrogen and oxygen atoms in total. The Balaban J connectivity index is 3.22. The summed E-state index contributed by atoms with van der Waals surface area (Å²) < 4.78 is 0. The van der Waals surface area contributed by atoms with Crippen molar-refractivity contribution < 1.29 is 0 Å². The van der Waals surface area contributed by atoms with Crippen LogP contribution in [0.25, 0.3) is 0 Å². The van der Waals surface area contributed by atoms with Gasteiger partial charge in [0.1, 0.15) is 0 Å². The van der Waals surface area contributed by atoms with E-state index < -0.39 is 0 Å². The van der Waals surface area contributed by atoms with Gasteiger partial charge < -0.3 is 5.84 Å². The van der Waals surface area contributed by atoms with Crippen molar-refractivity contribution in [2.45, 2.75) is 19.3 Å². The highest BCUT2D eigenvalue weighted by molar-refractivity contribution is 6.39. The lowest BCUT2D eigenvalue weighted by molar-refractivity contribution is 0.855. The summed E-state index contributed by atoms with van der Waals surface area (Å²) >= 11 is 18.0. The first-order valence-corrected chi connectivity index (χ1v) is 5.61. The molecule has 0 bridgehead atoms. The molecule has 1 rings (SSSR count). The first kappa shape index (κ1) is 12.6. The average molecular weight is 266 g/mol. The largest absolute Gasteiger partial charge is 0.324 e. The molecule has 82 valence electrons. The van der Waals surface area contributed by atoms with E-state index in [4.69, 9.17) is 40.6 Å². The minimum absolute atomic E-state index is 0.0206. The van der Waals surface area contributed by atoms with Crippen molar-refractivity contribution in [2.24, 2.45) is 10.9 Å². The van der Waals surface area contributed by atoms with Crippen LogP contribution in [0.4, 0.5) is 0 Å². The van der Waals surface area contributed by atoms with Crippen LogP contribution in [0.3, 0.4) is 0 Å². The molecule has 5 heteroatoms. The second-order valence-corrected chi connectivity index (χ2v) is 4.35. The fraction of sp³-hybridized carbons (Fsp3) is 0.300. The van der Waals surface area contributed by atoms with E-state index in [0.717, 1.165) is 12.0 Å². The molecule has 0 saturated carbocycles. The van der Waals surface area contributed by atoms with Crippen molar-refractivity contribution in [3.63, 3.8) is 0 Å². The summed E-state index contributed by atoms with van der Waals surface area (Å²) in [4.78, 5) is 0. The van der Waals surface area contributed by atoms with Gasteiger partial charge >= 0.3 is 0 Å². The van der Waals surface area contributed by atoms with Crippen LogP contribution in [-0.2, 0) is 0 Å². The quantitative estimate of drug-likeness (QED) is 0.499. The average Bonchev–Trinajstić information content (AvgIpc) is 2.14. The maximum atomic E-state index is 6.07. The summed E-state index contributed by atoms with van der Waals surface area (Å²) in [7, 11) is 0. The molecule has 2 N–H and O–H groups in total. The molecule has 0 aliphatic rings. The second kappa shape index (κ2) is 5.59. The smallest absolute Gasteiger partial charge is 0.0474 e. The standard InChI is InChI=1S/C10H11Cl3N2/c1-2-6(5-15-14)10-8(12)3-7(11)4-9(10)13/h3-6H,2,14H2,1H3/b15-5+. The number of hydrogen-bond donors (Lipinski definition) is 1. The van der Waals surface area contributed by atoms with Crippen molar-refractivity contribution in [2.75, 3.05) is 0 Å². The lowest BCUT2D eigenvalue weighted by Gasteiger charge is -2.13. The van der Waals surface area contributed by atoms with Crippen LogP contribution in [0, 0.1) is 0 Å². The van der Waals surface area contributed by atoms with Gasteiger partial charge in [-0.25, -0.2) is 0 Å². The Labute approximate surface area is 104 Å². The molecule has 0 aliphatic heterocycles. The summed E-state index contributed by atoms with van der Waals surface area (Å²) in [5.41, 5.74) is 0.819. The van der Waals surface area contributed by atoms with Gasteiger partial charge in [0.25, 0.3) is 0 Å². The van der Waals surface area contributed by atoms with Crippen LogP contribution in [0.2, 0.25) is 15.1 Å². The van der Waals surface area contributed by atoms with E-state index in [2.05, 4.69) is 5.10 Å². The molecule has 0 aromatic heterocycles. The Kier molecular flexibility index (Phi) is 4.71. The van der Waals surface area contributed by atoms with E-state index in [1.165, 1.54) is 0 Å². The first-order valence-electron chi connectivity index (χ1n) is 4.48. The summed E-state index contributed by atoms with van der Waals surface area (Å²) in [5, 5.41) is 5.12. The lowest BCUT2D eigenvalue weighted by Crippen LogP contribution is -2.02. The second-order valence-electron chi connectivity index (χ2n) is 3.10. The van der Waals surface area contributed by atoms with Crippen LogP contribution in [0.1, 0.15) is 24.8 Å². The van der Waals surface area contributed by atoms with Crippen LogP contribution in [-0.4, -0.2) is 6.21 Å². The third kappa shape index (κ3) is 3.00. The Hall–Kier alpha value is -0.440. The third-order valence-electron chi connectivity index (χ3n) is 2.12. The zero-order valence-electron chi connectivity index (χ0n) is 8.17. The molecule has 0 spiro atoms. The molecule has 15 heavy (non-hydrogen) atoms. The molecule has 1 unspecified atom stereocenters. The molecule has 1 aromatic rings. The molecule has 0 radical (unpaired) electrons. The topological polar surface area (TPSA) is 38.4 Å². The van der Waals surface area contributed by atoms with Crippen LogP contribution in [0.15, 0.2) is 17.2 Å². The van der Waals surface area contributed by atoms with E-state index in [-0.39, 0.29) is 5.92 Å². The van der Waals surface area contributed by atoms with Crippen molar-refractivity contribution in [3.8, 4) is 0 Å². The van der Waals surface area contributed by atoms with E-state index in [1.54, 1.807) is 18.3 Å². The number of hydrogen-bond acceptors (Lipinski definition) is 2. The van der Waals surface area contributed by atoms with Crippen LogP contribution < -0.4 is 5.84 Å². The highest BCUT2D eigenvalue weighted by Crippen LogP contribution is 2.35. The molecule has 0 heterocycles. The lowest BCUT2D eigenvalue weighted by atomic mass is 9.97. The van der Waals surface area contributed by atoms with E-state index in [1.807, 2.05) is 6.92 Å². The van der Waals surface area contributed by atoms with Gasteiger partial charge in [-0.1, -0.05) is 41.7 Å². The van der Waals surface area contributed by atoms with Gasteiger partial charge in [-0.05, 0) is 24.1 Å². The SMILES string of the molecule is CCC(/C=N/N)c1c(Cl)cc(Cl)cc1Cl. The zero-order valence-corrected chi connectivity index (χ0v) is 10.4. The van der Waals surface area contributed by atoms with Gasteiger partial charge in [0, 0.05) is 27.2 Å². The minimum Gasteiger partial charge on any atom is -0.324 e. The van der Waals surface area contributed by atoms with Gasteiger partial charge in [-0.15, -0.1) is 0 Å². The zero-order chi connectivity index (χ0) is 11.4.